The molecule has 1 heterocycles. The monoisotopic (exact) mass is 412 g/mol. The summed E-state index contributed by atoms with van der Waals surface area (Å²) in [5.74, 6) is 0.879. The summed E-state index contributed by atoms with van der Waals surface area (Å²) in [4.78, 5) is 15.4. The molecule has 0 saturated carbocycles. The van der Waals surface area contributed by atoms with E-state index in [1.165, 1.54) is 19.3 Å². The first-order valence-electron chi connectivity index (χ1n) is 9.95. The van der Waals surface area contributed by atoms with Crippen molar-refractivity contribution < 1.29 is 14.3 Å². The Labute approximate surface area is 178 Å². The van der Waals surface area contributed by atoms with Gasteiger partial charge >= 0.3 is 0 Å². The van der Waals surface area contributed by atoms with E-state index in [1.807, 2.05) is 50.2 Å². The molecule has 3 rings (SSSR count). The van der Waals surface area contributed by atoms with E-state index in [9.17, 15) is 4.79 Å². The Hall–Kier alpha value is -2.60. The van der Waals surface area contributed by atoms with Crippen LogP contribution in [0, 0.1) is 13.8 Å². The van der Waals surface area contributed by atoms with Crippen molar-refractivity contribution >= 4 is 28.8 Å². The molecule has 1 aliphatic heterocycles. The van der Waals surface area contributed by atoms with Crippen LogP contribution in [0.25, 0.3) is 0 Å². The van der Waals surface area contributed by atoms with E-state index >= 15 is 0 Å². The molecule has 1 amide bonds. The maximum atomic E-state index is 12.3. The van der Waals surface area contributed by atoms with Crippen molar-refractivity contribution in [3.63, 3.8) is 0 Å². The fourth-order valence-corrected chi connectivity index (χ4v) is 3.71. The number of hydrogen-bond acceptors (Lipinski definition) is 4. The SMILES string of the molecule is COc1cc(C(=S)N2CCCCC2)ccc1OCC(=O)Nc1cc(C)ccc1C. The van der Waals surface area contributed by atoms with Crippen LogP contribution in [-0.2, 0) is 4.79 Å². The molecule has 0 aromatic heterocycles. The van der Waals surface area contributed by atoms with Gasteiger partial charge in [0.25, 0.3) is 5.91 Å². The van der Waals surface area contributed by atoms with E-state index in [2.05, 4.69) is 10.2 Å². The molecule has 0 aliphatic carbocycles. The second kappa shape index (κ2) is 9.74. The Kier molecular flexibility index (Phi) is 7.09. The van der Waals surface area contributed by atoms with E-state index in [-0.39, 0.29) is 12.5 Å². The number of likely N-dealkylation sites (tertiary alicyclic amines) is 1. The number of aryl methyl sites for hydroxylation is 2. The summed E-state index contributed by atoms with van der Waals surface area (Å²) in [6.07, 6.45) is 3.61. The molecule has 1 saturated heterocycles. The van der Waals surface area contributed by atoms with Crippen molar-refractivity contribution in [3.05, 3.63) is 53.1 Å². The fraction of sp³-hybridized carbons (Fsp3) is 0.391. The predicted octanol–water partition coefficient (Wildman–Crippen LogP) is 4.49. The minimum absolute atomic E-state index is 0.0976. The van der Waals surface area contributed by atoms with Gasteiger partial charge in [-0.1, -0.05) is 24.4 Å². The zero-order valence-corrected chi connectivity index (χ0v) is 18.1. The van der Waals surface area contributed by atoms with E-state index < -0.39 is 0 Å². The van der Waals surface area contributed by atoms with Gasteiger partial charge in [-0.25, -0.2) is 0 Å². The number of nitrogens with zero attached hydrogens (tertiary/aromatic N) is 1. The van der Waals surface area contributed by atoms with Gasteiger partial charge in [0, 0.05) is 24.3 Å². The minimum atomic E-state index is -0.214. The summed E-state index contributed by atoms with van der Waals surface area (Å²) < 4.78 is 11.2. The van der Waals surface area contributed by atoms with E-state index in [0.29, 0.717) is 11.5 Å². The van der Waals surface area contributed by atoms with Gasteiger partial charge in [0.05, 0.1) is 7.11 Å². The molecule has 1 N–H and O–H groups in total. The summed E-state index contributed by atoms with van der Waals surface area (Å²) in [7, 11) is 1.59. The lowest BCUT2D eigenvalue weighted by atomic mass is 10.1. The average molecular weight is 413 g/mol. The lowest BCUT2D eigenvalue weighted by Gasteiger charge is -2.29. The van der Waals surface area contributed by atoms with Crippen LogP contribution in [0.3, 0.4) is 0 Å². The molecule has 5 nitrogen and oxygen atoms in total. The maximum absolute atomic E-state index is 12.3. The Bertz CT molecular complexity index is 892. The largest absolute Gasteiger partial charge is 0.493 e. The molecule has 0 spiro atoms. The van der Waals surface area contributed by atoms with Crippen LogP contribution < -0.4 is 14.8 Å². The van der Waals surface area contributed by atoms with Gasteiger partial charge in [0.1, 0.15) is 4.99 Å². The van der Waals surface area contributed by atoms with Crippen molar-refractivity contribution in [2.24, 2.45) is 0 Å². The van der Waals surface area contributed by atoms with Gasteiger partial charge in [0.2, 0.25) is 0 Å². The quantitative estimate of drug-likeness (QED) is 0.709. The van der Waals surface area contributed by atoms with Gasteiger partial charge in [-0.15, -0.1) is 0 Å². The number of rotatable bonds is 6. The van der Waals surface area contributed by atoms with Gasteiger partial charge in [-0.3, -0.25) is 4.79 Å². The normalized spacial score (nSPS) is 13.7. The molecule has 29 heavy (non-hydrogen) atoms. The molecular formula is C23H28N2O3S. The molecule has 0 bridgehead atoms. The number of carbonyl (C=O) groups is 1. The summed E-state index contributed by atoms with van der Waals surface area (Å²) in [6.45, 7) is 5.85. The molecule has 6 heteroatoms. The number of nitrogens with one attached hydrogen (secondary N) is 1. The number of carbonyl (C=O) groups excluding carboxylic acids is 1. The van der Waals surface area contributed by atoms with Gasteiger partial charge in [-0.05, 0) is 68.5 Å². The van der Waals surface area contributed by atoms with Crippen LogP contribution in [0.1, 0.15) is 36.0 Å². The molecule has 1 aliphatic rings. The van der Waals surface area contributed by atoms with Crippen LogP contribution in [0.15, 0.2) is 36.4 Å². The first-order chi connectivity index (χ1) is 14.0. The minimum Gasteiger partial charge on any atom is -0.493 e. The molecule has 0 radical (unpaired) electrons. The third kappa shape index (κ3) is 5.48. The van der Waals surface area contributed by atoms with Gasteiger partial charge in [0.15, 0.2) is 18.1 Å². The Balaban J connectivity index is 1.63. The highest BCUT2D eigenvalue weighted by Crippen LogP contribution is 2.29. The number of ether oxygens (including phenoxy) is 2. The number of thiocarbonyl (C=S) groups is 1. The summed E-state index contributed by atoms with van der Waals surface area (Å²) in [5.41, 5.74) is 3.84. The molecule has 0 atom stereocenters. The lowest BCUT2D eigenvalue weighted by Crippen LogP contribution is -2.34. The number of hydrogen-bond donors (Lipinski definition) is 1. The zero-order valence-electron chi connectivity index (χ0n) is 17.3. The van der Waals surface area contributed by atoms with Gasteiger partial charge in [-0.2, -0.15) is 0 Å². The third-order valence-corrected chi connectivity index (χ3v) is 5.57. The van der Waals surface area contributed by atoms with E-state index in [4.69, 9.17) is 21.7 Å². The molecule has 1 fully saturated rings. The molecule has 0 unspecified atom stereocenters. The summed E-state index contributed by atoms with van der Waals surface area (Å²) >= 11 is 5.66. The highest BCUT2D eigenvalue weighted by Gasteiger charge is 2.17. The van der Waals surface area contributed by atoms with E-state index in [1.54, 1.807) is 7.11 Å². The number of benzene rings is 2. The smallest absolute Gasteiger partial charge is 0.262 e. The standard InChI is InChI=1S/C23H28N2O3S/c1-16-7-8-17(2)19(13-16)24-22(26)15-28-20-10-9-18(14-21(20)27-3)23(29)25-11-5-4-6-12-25/h7-10,13-14H,4-6,11-12,15H2,1-3H3,(H,24,26). The van der Waals surface area contributed by atoms with Crippen LogP contribution in [0.4, 0.5) is 5.69 Å². The highest BCUT2D eigenvalue weighted by molar-refractivity contribution is 7.80. The number of amides is 1. The molecule has 2 aromatic carbocycles. The zero-order chi connectivity index (χ0) is 20.8. The van der Waals surface area contributed by atoms with Crippen molar-refractivity contribution in [2.45, 2.75) is 33.1 Å². The van der Waals surface area contributed by atoms with E-state index in [0.717, 1.165) is 40.5 Å². The van der Waals surface area contributed by atoms with Crippen molar-refractivity contribution in [1.29, 1.82) is 0 Å². The Morgan fingerprint density at radius 3 is 2.55 bits per heavy atom. The first kappa shape index (κ1) is 21.1. The summed E-state index contributed by atoms with van der Waals surface area (Å²) in [6, 6.07) is 11.6. The highest BCUT2D eigenvalue weighted by atomic mass is 32.1. The maximum Gasteiger partial charge on any atom is 0.262 e. The molecule has 2 aromatic rings. The average Bonchev–Trinajstić information content (AvgIpc) is 2.74. The second-order valence-corrected chi connectivity index (χ2v) is 7.76. The molecule has 154 valence electrons. The van der Waals surface area contributed by atoms with Crippen LogP contribution in [0.5, 0.6) is 11.5 Å². The molecular weight excluding hydrogens is 384 g/mol. The predicted molar refractivity (Wildman–Crippen MR) is 120 cm³/mol. The Morgan fingerprint density at radius 1 is 1.07 bits per heavy atom. The van der Waals surface area contributed by atoms with Gasteiger partial charge < -0.3 is 19.7 Å². The second-order valence-electron chi connectivity index (χ2n) is 7.37. The topological polar surface area (TPSA) is 50.8 Å². The summed E-state index contributed by atoms with van der Waals surface area (Å²) in [5, 5.41) is 2.90. The third-order valence-electron chi connectivity index (χ3n) is 5.08. The van der Waals surface area contributed by atoms with Crippen LogP contribution >= 0.6 is 12.2 Å². The fourth-order valence-electron chi connectivity index (χ4n) is 3.40. The van der Waals surface area contributed by atoms with Crippen molar-refractivity contribution in [1.82, 2.24) is 4.90 Å². The number of anilines is 1. The number of piperidine rings is 1. The van der Waals surface area contributed by atoms with Crippen LogP contribution in [-0.4, -0.2) is 42.6 Å². The van der Waals surface area contributed by atoms with Crippen molar-refractivity contribution in [3.8, 4) is 11.5 Å². The lowest BCUT2D eigenvalue weighted by molar-refractivity contribution is -0.118. The Morgan fingerprint density at radius 2 is 1.83 bits per heavy atom. The first-order valence-corrected chi connectivity index (χ1v) is 10.4. The van der Waals surface area contributed by atoms with Crippen LogP contribution in [0.2, 0.25) is 0 Å². The number of methoxy groups -OCH3 is 1. The van der Waals surface area contributed by atoms with Crippen molar-refractivity contribution in [2.75, 3.05) is 32.1 Å².